The molecular formula is C15H19NO3S2. The topological polar surface area (TPSA) is 55.4 Å². The first-order chi connectivity index (χ1) is 10.1. The number of rotatable bonds is 8. The first kappa shape index (κ1) is 16.0. The fraction of sp³-hybridized carbons (Fsp3) is 0.333. The zero-order valence-electron chi connectivity index (χ0n) is 11.9. The van der Waals surface area contributed by atoms with Crippen LogP contribution in [0.5, 0.6) is 5.75 Å². The van der Waals surface area contributed by atoms with E-state index in [-0.39, 0.29) is 4.90 Å². The molecule has 6 heteroatoms. The summed E-state index contributed by atoms with van der Waals surface area (Å²) in [5.41, 5.74) is 1.34. The third kappa shape index (κ3) is 5.49. The summed E-state index contributed by atoms with van der Waals surface area (Å²) in [4.78, 5) is 0.283. The van der Waals surface area contributed by atoms with Gasteiger partial charge in [-0.15, -0.1) is 0 Å². The summed E-state index contributed by atoms with van der Waals surface area (Å²) in [7, 11) is -3.18. The summed E-state index contributed by atoms with van der Waals surface area (Å²) >= 11 is 1.71. The van der Waals surface area contributed by atoms with Gasteiger partial charge in [-0.1, -0.05) is 6.07 Å². The molecule has 0 saturated carbocycles. The Bertz CT molecular complexity index is 651. The molecule has 1 aromatic carbocycles. The van der Waals surface area contributed by atoms with Gasteiger partial charge in [-0.25, -0.2) is 8.42 Å². The molecule has 0 atom stereocenters. The number of hydrogen-bond donors (Lipinski definition) is 1. The fourth-order valence-electron chi connectivity index (χ4n) is 1.83. The predicted octanol–water partition coefficient (Wildman–Crippen LogP) is 2.36. The van der Waals surface area contributed by atoms with Gasteiger partial charge in [0, 0.05) is 12.8 Å². The molecule has 0 aliphatic rings. The van der Waals surface area contributed by atoms with Gasteiger partial charge in [-0.2, -0.15) is 11.3 Å². The molecule has 0 aliphatic carbocycles. The van der Waals surface area contributed by atoms with Crippen LogP contribution in [-0.4, -0.2) is 34.4 Å². The highest BCUT2D eigenvalue weighted by Crippen LogP contribution is 2.17. The van der Waals surface area contributed by atoms with E-state index in [0.717, 1.165) is 19.5 Å². The maximum atomic E-state index is 11.4. The Morgan fingerprint density at radius 1 is 1.24 bits per heavy atom. The van der Waals surface area contributed by atoms with E-state index in [1.165, 1.54) is 11.8 Å². The van der Waals surface area contributed by atoms with Crippen LogP contribution in [0.15, 0.2) is 46.0 Å². The van der Waals surface area contributed by atoms with Gasteiger partial charge < -0.3 is 10.1 Å². The third-order valence-electron chi connectivity index (χ3n) is 2.95. The second-order valence-corrected chi connectivity index (χ2v) is 7.52. The average molecular weight is 325 g/mol. The minimum absolute atomic E-state index is 0.283. The Hall–Kier alpha value is -1.37. The van der Waals surface area contributed by atoms with Gasteiger partial charge in [0.05, 0.1) is 4.90 Å². The second kappa shape index (κ2) is 7.59. The zero-order valence-corrected chi connectivity index (χ0v) is 13.5. The third-order valence-corrected chi connectivity index (χ3v) is 4.79. The van der Waals surface area contributed by atoms with Crippen molar-refractivity contribution in [2.45, 2.75) is 11.3 Å². The van der Waals surface area contributed by atoms with Gasteiger partial charge in [0.2, 0.25) is 0 Å². The quantitative estimate of drug-likeness (QED) is 0.757. The van der Waals surface area contributed by atoms with Crippen molar-refractivity contribution in [2.75, 3.05) is 26.0 Å². The molecule has 0 bridgehead atoms. The molecule has 0 radical (unpaired) electrons. The van der Waals surface area contributed by atoms with Crippen LogP contribution in [-0.2, 0) is 16.3 Å². The summed E-state index contributed by atoms with van der Waals surface area (Å²) in [5.74, 6) is 0.581. The molecule has 4 nitrogen and oxygen atoms in total. The van der Waals surface area contributed by atoms with Crippen LogP contribution in [0.2, 0.25) is 0 Å². The van der Waals surface area contributed by atoms with Crippen molar-refractivity contribution in [1.82, 2.24) is 5.32 Å². The van der Waals surface area contributed by atoms with Gasteiger partial charge >= 0.3 is 0 Å². The number of thiophene rings is 1. The highest BCUT2D eigenvalue weighted by molar-refractivity contribution is 7.90. The van der Waals surface area contributed by atoms with E-state index in [1.807, 2.05) is 0 Å². The van der Waals surface area contributed by atoms with Crippen molar-refractivity contribution in [3.05, 3.63) is 46.7 Å². The normalized spacial score (nSPS) is 11.5. The first-order valence-electron chi connectivity index (χ1n) is 6.70. The van der Waals surface area contributed by atoms with Crippen LogP contribution in [0.4, 0.5) is 0 Å². The molecule has 1 aromatic heterocycles. The van der Waals surface area contributed by atoms with Crippen LogP contribution < -0.4 is 10.1 Å². The molecule has 21 heavy (non-hydrogen) atoms. The monoisotopic (exact) mass is 325 g/mol. The summed E-state index contributed by atoms with van der Waals surface area (Å²) in [6.07, 6.45) is 2.20. The fourth-order valence-corrected chi connectivity index (χ4v) is 3.19. The molecule has 2 aromatic rings. The number of nitrogens with one attached hydrogen (secondary N) is 1. The summed E-state index contributed by atoms with van der Waals surface area (Å²) in [5, 5.41) is 7.52. The molecule has 0 unspecified atom stereocenters. The number of ether oxygens (including phenoxy) is 1. The molecule has 0 fully saturated rings. The van der Waals surface area contributed by atoms with E-state index in [1.54, 1.807) is 35.6 Å². The van der Waals surface area contributed by atoms with E-state index in [4.69, 9.17) is 4.74 Å². The van der Waals surface area contributed by atoms with E-state index in [0.29, 0.717) is 12.4 Å². The van der Waals surface area contributed by atoms with E-state index < -0.39 is 9.84 Å². The average Bonchev–Trinajstić information content (AvgIpc) is 2.95. The highest BCUT2D eigenvalue weighted by atomic mass is 32.2. The van der Waals surface area contributed by atoms with E-state index >= 15 is 0 Å². The smallest absolute Gasteiger partial charge is 0.175 e. The van der Waals surface area contributed by atoms with Gasteiger partial charge in [0.25, 0.3) is 0 Å². The molecule has 2 rings (SSSR count). The van der Waals surface area contributed by atoms with Gasteiger partial charge in [0.1, 0.15) is 12.4 Å². The zero-order chi connectivity index (χ0) is 15.1. The van der Waals surface area contributed by atoms with Crippen LogP contribution in [0, 0.1) is 0 Å². The number of benzene rings is 1. The molecule has 0 saturated heterocycles. The standard InChI is InChI=1S/C15H19NO3S2/c1-21(17,18)15-4-2-3-14(11-15)19-9-8-16-7-5-13-6-10-20-12-13/h2-4,6,10-12,16H,5,7-9H2,1H3. The van der Waals surface area contributed by atoms with Crippen molar-refractivity contribution < 1.29 is 13.2 Å². The van der Waals surface area contributed by atoms with Crippen molar-refractivity contribution in [3.8, 4) is 5.75 Å². The largest absolute Gasteiger partial charge is 0.492 e. The van der Waals surface area contributed by atoms with Gasteiger partial charge in [-0.05, 0) is 53.6 Å². The van der Waals surface area contributed by atoms with Crippen LogP contribution in [0.1, 0.15) is 5.56 Å². The van der Waals surface area contributed by atoms with Gasteiger partial charge in [-0.3, -0.25) is 0 Å². The van der Waals surface area contributed by atoms with Gasteiger partial charge in [0.15, 0.2) is 9.84 Å². The van der Waals surface area contributed by atoms with Crippen LogP contribution in [0.3, 0.4) is 0 Å². The molecular weight excluding hydrogens is 306 g/mol. The van der Waals surface area contributed by atoms with Crippen LogP contribution >= 0.6 is 11.3 Å². The minimum atomic E-state index is -3.18. The maximum Gasteiger partial charge on any atom is 0.175 e. The van der Waals surface area contributed by atoms with Crippen molar-refractivity contribution in [1.29, 1.82) is 0 Å². The Morgan fingerprint density at radius 2 is 2.10 bits per heavy atom. The van der Waals surface area contributed by atoms with Crippen molar-refractivity contribution in [2.24, 2.45) is 0 Å². The van der Waals surface area contributed by atoms with E-state index in [2.05, 4.69) is 22.1 Å². The summed E-state index contributed by atoms with van der Waals surface area (Å²) in [6.45, 7) is 2.15. The molecule has 0 aliphatic heterocycles. The first-order valence-corrected chi connectivity index (χ1v) is 9.54. The summed E-state index contributed by atoms with van der Waals surface area (Å²) < 4.78 is 28.4. The van der Waals surface area contributed by atoms with Crippen molar-refractivity contribution >= 4 is 21.2 Å². The molecule has 1 heterocycles. The maximum absolute atomic E-state index is 11.4. The van der Waals surface area contributed by atoms with Crippen molar-refractivity contribution in [3.63, 3.8) is 0 Å². The second-order valence-electron chi connectivity index (χ2n) is 4.73. The Morgan fingerprint density at radius 3 is 2.81 bits per heavy atom. The van der Waals surface area contributed by atoms with E-state index in [9.17, 15) is 8.42 Å². The Kier molecular flexibility index (Phi) is 5.78. The lowest BCUT2D eigenvalue weighted by Gasteiger charge is -2.08. The predicted molar refractivity (Wildman–Crippen MR) is 85.9 cm³/mol. The summed E-state index contributed by atoms with van der Waals surface area (Å²) in [6, 6.07) is 8.71. The lowest BCUT2D eigenvalue weighted by molar-refractivity contribution is 0.313. The molecule has 0 spiro atoms. The molecule has 1 N–H and O–H groups in total. The number of hydrogen-bond acceptors (Lipinski definition) is 5. The Balaban J connectivity index is 1.69. The lowest BCUT2D eigenvalue weighted by atomic mass is 10.2. The number of sulfone groups is 1. The molecule has 114 valence electrons. The minimum Gasteiger partial charge on any atom is -0.492 e. The molecule has 0 amide bonds. The Labute approximate surface area is 129 Å². The van der Waals surface area contributed by atoms with Crippen LogP contribution in [0.25, 0.3) is 0 Å². The SMILES string of the molecule is CS(=O)(=O)c1cccc(OCCNCCc2ccsc2)c1. The highest BCUT2D eigenvalue weighted by Gasteiger charge is 2.07. The lowest BCUT2D eigenvalue weighted by Crippen LogP contribution is -2.23.